The largest absolute Gasteiger partial charge is 0.445 e. The number of hydrogen-bond acceptors (Lipinski definition) is 8. The molecular formula is C29H27N3O7. The number of nitrogens with one attached hydrogen (secondary N) is 1. The Kier molecular flexibility index (Phi) is 6.63. The Bertz CT molecular complexity index is 1630. The third-order valence-electron chi connectivity index (χ3n) is 7.17. The summed E-state index contributed by atoms with van der Waals surface area (Å²) in [6, 6.07) is 18.5. The smallest absolute Gasteiger partial charge is 0.253 e. The first-order valence-corrected chi connectivity index (χ1v) is 12.5. The van der Waals surface area contributed by atoms with E-state index in [2.05, 4.69) is 22.4 Å². The van der Waals surface area contributed by atoms with Crippen LogP contribution in [0, 0.1) is 0 Å². The van der Waals surface area contributed by atoms with E-state index < -0.39 is 43.2 Å². The third-order valence-corrected chi connectivity index (χ3v) is 7.17. The quantitative estimate of drug-likeness (QED) is 0.224. The lowest BCUT2D eigenvalue weighted by Gasteiger charge is -2.40. The number of rotatable bonds is 6. The molecule has 5 atom stereocenters. The zero-order valence-electron chi connectivity index (χ0n) is 20.7. The monoisotopic (exact) mass is 529 g/mol. The molecule has 5 aromatic rings. The van der Waals surface area contributed by atoms with Crippen molar-refractivity contribution in [1.29, 1.82) is 0 Å². The topological polar surface area (TPSA) is 150 Å². The summed E-state index contributed by atoms with van der Waals surface area (Å²) in [5, 5.41) is 45.9. The van der Waals surface area contributed by atoms with Crippen LogP contribution in [0.2, 0.25) is 0 Å². The van der Waals surface area contributed by atoms with Gasteiger partial charge >= 0.3 is 0 Å². The van der Waals surface area contributed by atoms with E-state index in [0.717, 1.165) is 21.9 Å². The highest BCUT2D eigenvalue weighted by atomic mass is 16.6. The molecule has 1 amide bonds. The molecule has 3 aromatic carbocycles. The highest BCUT2D eigenvalue weighted by Crippen LogP contribution is 2.29. The lowest BCUT2D eigenvalue weighted by atomic mass is 9.96. The Hall–Kier alpha value is -4.06. The van der Waals surface area contributed by atoms with Crippen LogP contribution >= 0.6 is 0 Å². The van der Waals surface area contributed by atoms with Gasteiger partial charge < -0.3 is 39.5 Å². The molecule has 0 spiro atoms. The number of fused-ring (bicyclic) bond motifs is 2. The molecule has 200 valence electrons. The van der Waals surface area contributed by atoms with Crippen LogP contribution in [0.5, 0.6) is 0 Å². The highest BCUT2D eigenvalue weighted by molar-refractivity contribution is 6.08. The number of aromatic nitrogens is 2. The molecule has 3 heterocycles. The number of ether oxygens (including phenoxy) is 1. The molecule has 39 heavy (non-hydrogen) atoms. The van der Waals surface area contributed by atoms with Gasteiger partial charge in [-0.3, -0.25) is 4.79 Å². The lowest BCUT2D eigenvalue weighted by Crippen LogP contribution is -2.64. The van der Waals surface area contributed by atoms with E-state index in [1.54, 1.807) is 12.3 Å². The summed E-state index contributed by atoms with van der Waals surface area (Å²) in [7, 11) is 0. The van der Waals surface area contributed by atoms with E-state index in [0.29, 0.717) is 23.4 Å². The first-order chi connectivity index (χ1) is 18.9. The highest BCUT2D eigenvalue weighted by Gasteiger charge is 2.44. The molecule has 5 N–H and O–H groups in total. The number of aliphatic hydroxyl groups excluding tert-OH is 4. The normalized spacial score (nSPS) is 23.3. The summed E-state index contributed by atoms with van der Waals surface area (Å²) in [4.78, 5) is 17.7. The first-order valence-electron chi connectivity index (χ1n) is 12.5. The molecule has 1 fully saturated rings. The van der Waals surface area contributed by atoms with E-state index >= 15 is 0 Å². The van der Waals surface area contributed by atoms with Crippen LogP contribution in [0.3, 0.4) is 0 Å². The first kappa shape index (κ1) is 25.2. The Labute approximate surface area is 222 Å². The summed E-state index contributed by atoms with van der Waals surface area (Å²) >= 11 is 0. The summed E-state index contributed by atoms with van der Waals surface area (Å²) in [5.74, 6) is -0.182. The van der Waals surface area contributed by atoms with Gasteiger partial charge in [0, 0.05) is 29.2 Å². The van der Waals surface area contributed by atoms with Gasteiger partial charge in [0.2, 0.25) is 5.89 Å². The molecule has 0 radical (unpaired) electrons. The van der Waals surface area contributed by atoms with Gasteiger partial charge in [0.25, 0.3) is 5.91 Å². The SMILES string of the molecule is O=C(N[C@H]1C(O)OC(CO)[C@@H](O)[C@@H]1O)c1cn(Cc2ccc3ccccc3c2)c2ccc(-c3ncco3)cc12. The maximum atomic E-state index is 13.5. The van der Waals surface area contributed by atoms with Crippen molar-refractivity contribution in [3.05, 3.63) is 90.4 Å². The maximum Gasteiger partial charge on any atom is 0.253 e. The van der Waals surface area contributed by atoms with Crippen molar-refractivity contribution in [2.24, 2.45) is 0 Å². The summed E-state index contributed by atoms with van der Waals surface area (Å²) in [5.41, 5.74) is 2.79. The Morgan fingerprint density at radius 3 is 2.59 bits per heavy atom. The fraction of sp³-hybridized carbons (Fsp3) is 0.241. The van der Waals surface area contributed by atoms with Gasteiger partial charge in [-0.2, -0.15) is 0 Å². The number of oxazole rings is 1. The van der Waals surface area contributed by atoms with Crippen molar-refractivity contribution < 1.29 is 34.4 Å². The van der Waals surface area contributed by atoms with E-state index in [1.807, 2.05) is 47.0 Å². The second-order valence-corrected chi connectivity index (χ2v) is 9.65. The fourth-order valence-corrected chi connectivity index (χ4v) is 5.12. The molecular weight excluding hydrogens is 502 g/mol. The minimum Gasteiger partial charge on any atom is -0.445 e. The van der Waals surface area contributed by atoms with Crippen molar-refractivity contribution in [1.82, 2.24) is 14.9 Å². The van der Waals surface area contributed by atoms with Crippen LogP contribution in [-0.4, -0.2) is 73.1 Å². The average Bonchev–Trinajstić information content (AvgIpc) is 3.61. The third kappa shape index (κ3) is 4.69. The van der Waals surface area contributed by atoms with Gasteiger partial charge in [-0.1, -0.05) is 36.4 Å². The lowest BCUT2D eigenvalue weighted by molar-refractivity contribution is -0.252. The minimum absolute atomic E-state index is 0.289. The van der Waals surface area contributed by atoms with Crippen LogP contribution < -0.4 is 5.32 Å². The molecule has 10 heteroatoms. The molecule has 2 aromatic heterocycles. The van der Waals surface area contributed by atoms with E-state index in [1.165, 1.54) is 12.5 Å². The van der Waals surface area contributed by atoms with Crippen molar-refractivity contribution in [2.75, 3.05) is 6.61 Å². The number of amides is 1. The Morgan fingerprint density at radius 2 is 1.82 bits per heavy atom. The van der Waals surface area contributed by atoms with E-state index in [-0.39, 0.29) is 5.56 Å². The van der Waals surface area contributed by atoms with Crippen LogP contribution in [0.25, 0.3) is 33.1 Å². The second kappa shape index (κ2) is 10.3. The molecule has 1 saturated heterocycles. The van der Waals surface area contributed by atoms with Gasteiger partial charge in [0.05, 0.1) is 18.4 Å². The summed E-state index contributed by atoms with van der Waals surface area (Å²) in [6.45, 7) is -0.108. The zero-order chi connectivity index (χ0) is 27.1. The fourth-order valence-electron chi connectivity index (χ4n) is 5.12. The van der Waals surface area contributed by atoms with Crippen LogP contribution in [0.1, 0.15) is 15.9 Å². The van der Waals surface area contributed by atoms with Crippen LogP contribution in [-0.2, 0) is 11.3 Å². The van der Waals surface area contributed by atoms with E-state index in [9.17, 15) is 25.2 Å². The minimum atomic E-state index is -1.63. The van der Waals surface area contributed by atoms with Gasteiger partial charge in [-0.05, 0) is 40.6 Å². The predicted octanol–water partition coefficient (Wildman–Crippen LogP) is 2.03. The van der Waals surface area contributed by atoms with Gasteiger partial charge in [0.1, 0.15) is 30.6 Å². The number of carbonyl (C=O) groups is 1. The standard InChI is InChI=1S/C29H27N3O7/c33-15-23-25(34)26(35)24(29(37)39-23)31-27(36)21-14-32(13-16-5-6-17-3-1-2-4-18(17)11-16)22-8-7-19(12-20(21)22)28-30-9-10-38-28/h1-12,14,23-26,29,33-35,37H,13,15H2,(H,31,36)/t23?,24-,25-,26-,29?/m1/s1. The van der Waals surface area contributed by atoms with E-state index in [4.69, 9.17) is 9.15 Å². The molecule has 1 aliphatic heterocycles. The van der Waals surface area contributed by atoms with Crippen molar-refractivity contribution in [2.45, 2.75) is 37.2 Å². The van der Waals surface area contributed by atoms with Crippen molar-refractivity contribution in [3.63, 3.8) is 0 Å². The number of hydrogen-bond donors (Lipinski definition) is 5. The molecule has 2 unspecified atom stereocenters. The average molecular weight is 530 g/mol. The van der Waals surface area contributed by atoms with Crippen molar-refractivity contribution in [3.8, 4) is 11.5 Å². The molecule has 6 rings (SSSR count). The maximum absolute atomic E-state index is 13.5. The Morgan fingerprint density at radius 1 is 1.00 bits per heavy atom. The van der Waals surface area contributed by atoms with Gasteiger partial charge in [0.15, 0.2) is 6.29 Å². The van der Waals surface area contributed by atoms with Crippen LogP contribution in [0.15, 0.2) is 83.7 Å². The predicted molar refractivity (Wildman–Crippen MR) is 142 cm³/mol. The molecule has 10 nitrogen and oxygen atoms in total. The number of nitrogens with zero attached hydrogens (tertiary/aromatic N) is 2. The molecule has 1 aliphatic rings. The summed E-state index contributed by atoms with van der Waals surface area (Å²) < 4.78 is 12.6. The van der Waals surface area contributed by atoms with Crippen molar-refractivity contribution >= 4 is 27.6 Å². The number of aliphatic hydroxyl groups is 4. The Balaban J connectivity index is 1.37. The van der Waals surface area contributed by atoms with Gasteiger partial charge in [-0.25, -0.2) is 4.98 Å². The number of carbonyl (C=O) groups excluding carboxylic acids is 1. The van der Waals surface area contributed by atoms with Gasteiger partial charge in [-0.15, -0.1) is 0 Å². The molecule has 0 saturated carbocycles. The zero-order valence-corrected chi connectivity index (χ0v) is 20.7. The molecule has 0 bridgehead atoms. The second-order valence-electron chi connectivity index (χ2n) is 9.65. The van der Waals surface area contributed by atoms with Crippen LogP contribution in [0.4, 0.5) is 0 Å². The summed E-state index contributed by atoms with van der Waals surface area (Å²) in [6.07, 6.45) is -1.12. The molecule has 0 aliphatic carbocycles. The number of benzene rings is 3.